The maximum absolute atomic E-state index is 3.37. The van der Waals surface area contributed by atoms with E-state index in [2.05, 4.69) is 43.3 Å². The van der Waals surface area contributed by atoms with Crippen LogP contribution in [0.2, 0.25) is 0 Å². The summed E-state index contributed by atoms with van der Waals surface area (Å²) in [4.78, 5) is 0. The van der Waals surface area contributed by atoms with E-state index in [4.69, 9.17) is 0 Å². The number of hydrogen-bond acceptors (Lipinski definition) is 0. The summed E-state index contributed by atoms with van der Waals surface area (Å²) in [7, 11) is 0. The second-order valence-electron chi connectivity index (χ2n) is 4.74. The van der Waals surface area contributed by atoms with Crippen molar-refractivity contribution in [1.82, 2.24) is 0 Å². The first-order chi connectivity index (χ1) is 9.86. The minimum atomic E-state index is 0.222. The first-order valence-corrected chi connectivity index (χ1v) is 6.71. The molecule has 0 heteroatoms. The van der Waals surface area contributed by atoms with Gasteiger partial charge in [0.2, 0.25) is 0 Å². The number of hydrogen-bond donors (Lipinski definition) is 0. The summed E-state index contributed by atoms with van der Waals surface area (Å²) in [6.07, 6.45) is 0. The predicted molar refractivity (Wildman–Crippen MR) is 81.2 cm³/mol. The van der Waals surface area contributed by atoms with E-state index in [1.165, 1.54) is 5.56 Å². The Morgan fingerprint density at radius 2 is 1.60 bits per heavy atom. The fourth-order valence-corrected chi connectivity index (χ4v) is 2.36. The van der Waals surface area contributed by atoms with Gasteiger partial charge in [-0.05, 0) is 52.6 Å². The maximum atomic E-state index is 3.37. The van der Waals surface area contributed by atoms with Crippen LogP contribution < -0.4 is 0 Å². The highest BCUT2D eigenvalue weighted by Gasteiger charge is 2.13. The molecule has 0 fully saturated rings. The van der Waals surface area contributed by atoms with Crippen molar-refractivity contribution < 1.29 is 0 Å². The van der Waals surface area contributed by atoms with Gasteiger partial charge in [0.1, 0.15) is 0 Å². The van der Waals surface area contributed by atoms with Crippen LogP contribution in [0, 0.1) is 24.3 Å². The number of benzene rings is 3. The standard InChI is InChI=1S/C20H14/c1-16(17-10-4-2-5-11-17)19-14-8-9-15-20(19)18-12-6-3-7-13-18/h2-4,6-9,11-13,16H,1H3. The van der Waals surface area contributed by atoms with Crippen LogP contribution in [0.15, 0.2) is 60.7 Å². The Kier molecular flexibility index (Phi) is 3.64. The van der Waals surface area contributed by atoms with E-state index >= 15 is 0 Å². The van der Waals surface area contributed by atoms with Crippen molar-refractivity contribution in [3.8, 4) is 11.1 Å². The van der Waals surface area contributed by atoms with Crippen LogP contribution in [0.25, 0.3) is 11.1 Å². The van der Waals surface area contributed by atoms with Gasteiger partial charge in [-0.2, -0.15) is 0 Å². The molecule has 0 N–H and O–H groups in total. The molecule has 0 aliphatic carbocycles. The second kappa shape index (κ2) is 5.75. The highest BCUT2D eigenvalue weighted by Crippen LogP contribution is 2.31. The first kappa shape index (κ1) is 12.7. The van der Waals surface area contributed by atoms with Crippen molar-refractivity contribution in [2.24, 2.45) is 0 Å². The Balaban J connectivity index is 2.07. The Labute approximate surface area is 120 Å². The van der Waals surface area contributed by atoms with E-state index in [0.29, 0.717) is 0 Å². The molecule has 3 aromatic carbocycles. The zero-order chi connectivity index (χ0) is 13.8. The van der Waals surface area contributed by atoms with Gasteiger partial charge in [0, 0.05) is 5.92 Å². The third-order valence-electron chi connectivity index (χ3n) is 3.45. The van der Waals surface area contributed by atoms with E-state index < -0.39 is 0 Å². The quantitative estimate of drug-likeness (QED) is 0.635. The minimum Gasteiger partial charge on any atom is -0.0622 e. The minimum absolute atomic E-state index is 0.222. The zero-order valence-electron chi connectivity index (χ0n) is 11.4. The van der Waals surface area contributed by atoms with Crippen LogP contribution in [0.1, 0.15) is 24.0 Å². The summed E-state index contributed by atoms with van der Waals surface area (Å²) in [5.41, 5.74) is 4.55. The molecule has 3 aromatic rings. The summed E-state index contributed by atoms with van der Waals surface area (Å²) in [6, 6.07) is 33.1. The van der Waals surface area contributed by atoms with E-state index in [1.807, 2.05) is 48.5 Å². The van der Waals surface area contributed by atoms with Crippen LogP contribution in [0.4, 0.5) is 0 Å². The van der Waals surface area contributed by atoms with Crippen LogP contribution in [-0.2, 0) is 0 Å². The molecule has 94 valence electrons. The van der Waals surface area contributed by atoms with Crippen molar-refractivity contribution >= 4 is 0 Å². The summed E-state index contributed by atoms with van der Waals surface area (Å²) in [5, 5.41) is 0. The monoisotopic (exact) mass is 254 g/mol. The predicted octanol–water partition coefficient (Wildman–Crippen LogP) is 4.71. The Morgan fingerprint density at radius 1 is 0.850 bits per heavy atom. The molecule has 1 unspecified atom stereocenters. The summed E-state index contributed by atoms with van der Waals surface area (Å²) < 4.78 is 0. The molecule has 0 bridgehead atoms. The lowest BCUT2D eigenvalue weighted by atomic mass is 9.87. The third kappa shape index (κ3) is 2.50. The molecule has 0 aromatic heterocycles. The summed E-state index contributed by atoms with van der Waals surface area (Å²) >= 11 is 0. The van der Waals surface area contributed by atoms with Crippen LogP contribution in [0.3, 0.4) is 0 Å². The van der Waals surface area contributed by atoms with Gasteiger partial charge >= 0.3 is 0 Å². The normalized spacial score (nSPS) is 12.1. The smallest absolute Gasteiger partial charge is 0.00799 e. The largest absolute Gasteiger partial charge is 0.0622 e. The lowest BCUT2D eigenvalue weighted by molar-refractivity contribution is 0.920. The van der Waals surface area contributed by atoms with E-state index in [1.54, 1.807) is 0 Å². The van der Waals surface area contributed by atoms with Gasteiger partial charge < -0.3 is 0 Å². The molecule has 0 spiro atoms. The molecular formula is C20H14. The van der Waals surface area contributed by atoms with Crippen molar-refractivity contribution in [2.75, 3.05) is 0 Å². The van der Waals surface area contributed by atoms with Gasteiger partial charge in [0.25, 0.3) is 0 Å². The lowest BCUT2D eigenvalue weighted by Gasteiger charge is -2.16. The van der Waals surface area contributed by atoms with E-state index in [-0.39, 0.29) is 5.92 Å². The fraction of sp³-hybridized carbons (Fsp3) is 0.100. The van der Waals surface area contributed by atoms with Crippen molar-refractivity contribution in [3.63, 3.8) is 0 Å². The Bertz CT molecular complexity index is 669. The van der Waals surface area contributed by atoms with E-state index in [9.17, 15) is 0 Å². The topological polar surface area (TPSA) is 0 Å². The van der Waals surface area contributed by atoms with Crippen LogP contribution >= 0.6 is 0 Å². The second-order valence-corrected chi connectivity index (χ2v) is 4.74. The molecule has 0 aliphatic rings. The Morgan fingerprint density at radius 3 is 2.35 bits per heavy atom. The molecule has 0 heterocycles. The summed E-state index contributed by atoms with van der Waals surface area (Å²) in [6.45, 7) is 2.17. The van der Waals surface area contributed by atoms with Crippen LogP contribution in [0.5, 0.6) is 0 Å². The third-order valence-corrected chi connectivity index (χ3v) is 3.45. The average Bonchev–Trinajstić information content (AvgIpc) is 2.56. The first-order valence-electron chi connectivity index (χ1n) is 6.71. The molecule has 0 saturated heterocycles. The Hall–Kier alpha value is -2.34. The molecule has 0 saturated carbocycles. The van der Waals surface area contributed by atoms with Gasteiger partial charge in [0.05, 0.1) is 0 Å². The zero-order valence-corrected chi connectivity index (χ0v) is 11.4. The van der Waals surface area contributed by atoms with Gasteiger partial charge in [0.15, 0.2) is 0 Å². The highest BCUT2D eigenvalue weighted by molar-refractivity contribution is 5.67. The molecule has 20 heavy (non-hydrogen) atoms. The molecule has 3 rings (SSSR count). The van der Waals surface area contributed by atoms with E-state index in [0.717, 1.165) is 16.7 Å². The van der Waals surface area contributed by atoms with Crippen molar-refractivity contribution in [2.45, 2.75) is 12.8 Å². The SMILES string of the molecule is CC(c1[c]cc[c]c1)c1[c]cc[c]c1-c1ccccc1. The number of rotatable bonds is 3. The molecular weight excluding hydrogens is 240 g/mol. The van der Waals surface area contributed by atoms with Crippen molar-refractivity contribution in [1.29, 1.82) is 0 Å². The van der Waals surface area contributed by atoms with Crippen molar-refractivity contribution in [3.05, 3.63) is 96.1 Å². The molecule has 0 aliphatic heterocycles. The fourth-order valence-electron chi connectivity index (χ4n) is 2.36. The molecule has 1 atom stereocenters. The average molecular weight is 254 g/mol. The molecule has 0 amide bonds. The van der Waals surface area contributed by atoms with Gasteiger partial charge in [-0.3, -0.25) is 0 Å². The van der Waals surface area contributed by atoms with Crippen LogP contribution in [-0.4, -0.2) is 0 Å². The van der Waals surface area contributed by atoms with Gasteiger partial charge in [-0.25, -0.2) is 0 Å². The summed E-state index contributed by atoms with van der Waals surface area (Å²) in [5.74, 6) is 0.222. The van der Waals surface area contributed by atoms with Gasteiger partial charge in [-0.15, -0.1) is 0 Å². The highest BCUT2D eigenvalue weighted by atomic mass is 14.2. The molecule has 4 radical (unpaired) electrons. The maximum Gasteiger partial charge on any atom is 0.00799 e. The molecule has 0 nitrogen and oxygen atoms in total. The lowest BCUT2D eigenvalue weighted by Crippen LogP contribution is -1.99. The van der Waals surface area contributed by atoms with Gasteiger partial charge in [-0.1, -0.05) is 61.5 Å².